The zero-order valence-corrected chi connectivity index (χ0v) is 11.6. The lowest BCUT2D eigenvalue weighted by molar-refractivity contribution is -0.105. The van der Waals surface area contributed by atoms with Crippen molar-refractivity contribution in [3.8, 4) is 0 Å². The number of rotatable bonds is 7. The summed E-state index contributed by atoms with van der Waals surface area (Å²) in [6, 6.07) is 7.97. The molecule has 0 fully saturated rings. The van der Waals surface area contributed by atoms with Crippen molar-refractivity contribution in [3.05, 3.63) is 29.8 Å². The Balaban J connectivity index is 0.000000494. The number of unbranched alkanes of at least 4 members (excludes halogenated alkanes) is 2. The van der Waals surface area contributed by atoms with Gasteiger partial charge in [-0.2, -0.15) is 0 Å². The Labute approximate surface area is 111 Å². The Morgan fingerprint density at radius 2 is 1.94 bits per heavy atom. The van der Waals surface area contributed by atoms with E-state index in [2.05, 4.69) is 25.2 Å². The second-order valence-electron chi connectivity index (χ2n) is 4.21. The van der Waals surface area contributed by atoms with Gasteiger partial charge in [-0.15, -0.1) is 0 Å². The van der Waals surface area contributed by atoms with Crippen LogP contribution in [0.5, 0.6) is 0 Å². The van der Waals surface area contributed by atoms with Crippen molar-refractivity contribution in [3.63, 3.8) is 0 Å². The first-order valence-electron chi connectivity index (χ1n) is 6.77. The molecule has 0 saturated carbocycles. The lowest BCUT2D eigenvalue weighted by atomic mass is 10.1. The predicted molar refractivity (Wildman–Crippen MR) is 78.7 cm³/mol. The molecule has 0 aromatic heterocycles. The smallest absolute Gasteiger partial charge is 0.211 e. The number of aryl methyl sites for hydroxylation is 1. The van der Waals surface area contributed by atoms with Crippen LogP contribution in [0.4, 0.5) is 5.69 Å². The Morgan fingerprint density at radius 3 is 2.44 bits per heavy atom. The maximum atomic E-state index is 10.2. The molecule has 1 rings (SSSR count). The summed E-state index contributed by atoms with van der Waals surface area (Å²) in [4.78, 5) is 10.2. The SMILES string of the molecule is CCCCN.CCCCc1cccc(NC=O)c1. The van der Waals surface area contributed by atoms with E-state index in [9.17, 15) is 4.79 Å². The summed E-state index contributed by atoms with van der Waals surface area (Å²) in [5.41, 5.74) is 7.30. The number of nitrogens with two attached hydrogens (primary N) is 1. The summed E-state index contributed by atoms with van der Waals surface area (Å²) in [7, 11) is 0. The van der Waals surface area contributed by atoms with Crippen molar-refractivity contribution in [1.29, 1.82) is 0 Å². The standard InChI is InChI=1S/C11H15NO.C4H11N/c1-2-3-5-10-6-4-7-11(8-10)12-9-13;1-2-3-4-5/h4,6-9H,2-3,5H2,1H3,(H,12,13);2-5H2,1H3. The minimum atomic E-state index is 0.707. The molecular formula is C15H26N2O. The highest BCUT2D eigenvalue weighted by Gasteiger charge is 1.94. The number of hydrogen-bond donors (Lipinski definition) is 2. The lowest BCUT2D eigenvalue weighted by Crippen LogP contribution is -1.95. The number of anilines is 1. The van der Waals surface area contributed by atoms with Crippen LogP contribution in [-0.2, 0) is 11.2 Å². The normalized spacial score (nSPS) is 9.28. The molecule has 0 aliphatic carbocycles. The molecule has 0 atom stereocenters. The minimum Gasteiger partial charge on any atom is -0.330 e. The second kappa shape index (κ2) is 12.1. The van der Waals surface area contributed by atoms with E-state index in [1.807, 2.05) is 18.2 Å². The Morgan fingerprint density at radius 1 is 1.22 bits per heavy atom. The molecule has 0 radical (unpaired) electrons. The van der Waals surface area contributed by atoms with Crippen molar-refractivity contribution < 1.29 is 4.79 Å². The van der Waals surface area contributed by atoms with Crippen LogP contribution < -0.4 is 11.1 Å². The fourth-order valence-electron chi connectivity index (χ4n) is 1.47. The molecule has 0 unspecified atom stereocenters. The quantitative estimate of drug-likeness (QED) is 0.729. The summed E-state index contributed by atoms with van der Waals surface area (Å²) in [5.74, 6) is 0. The molecule has 102 valence electrons. The molecule has 0 spiro atoms. The van der Waals surface area contributed by atoms with Gasteiger partial charge in [0.2, 0.25) is 6.41 Å². The summed E-state index contributed by atoms with van der Waals surface area (Å²) < 4.78 is 0. The van der Waals surface area contributed by atoms with Gasteiger partial charge in [-0.3, -0.25) is 4.79 Å². The van der Waals surface area contributed by atoms with E-state index in [0.29, 0.717) is 6.41 Å². The summed E-state index contributed by atoms with van der Waals surface area (Å²) in [6.45, 7) is 5.15. The first-order valence-corrected chi connectivity index (χ1v) is 6.77. The van der Waals surface area contributed by atoms with Crippen LogP contribution in [0.15, 0.2) is 24.3 Å². The third-order valence-corrected chi connectivity index (χ3v) is 2.53. The molecule has 3 nitrogen and oxygen atoms in total. The number of benzene rings is 1. The molecular weight excluding hydrogens is 224 g/mol. The topological polar surface area (TPSA) is 55.1 Å². The molecule has 1 amide bonds. The Kier molecular flexibility index (Phi) is 11.2. The highest BCUT2D eigenvalue weighted by atomic mass is 16.1. The van der Waals surface area contributed by atoms with Crippen LogP contribution in [0, 0.1) is 0 Å². The van der Waals surface area contributed by atoms with Gasteiger partial charge < -0.3 is 11.1 Å². The highest BCUT2D eigenvalue weighted by Crippen LogP contribution is 2.11. The predicted octanol–water partition coefficient (Wildman–Crippen LogP) is 3.34. The molecule has 0 aliphatic rings. The van der Waals surface area contributed by atoms with E-state index >= 15 is 0 Å². The van der Waals surface area contributed by atoms with E-state index in [-0.39, 0.29) is 0 Å². The zero-order valence-electron chi connectivity index (χ0n) is 11.6. The minimum absolute atomic E-state index is 0.707. The molecule has 0 heterocycles. The summed E-state index contributed by atoms with van der Waals surface area (Å²) >= 11 is 0. The third-order valence-electron chi connectivity index (χ3n) is 2.53. The number of hydrogen-bond acceptors (Lipinski definition) is 2. The van der Waals surface area contributed by atoms with Gasteiger partial charge in [-0.05, 0) is 43.5 Å². The highest BCUT2D eigenvalue weighted by molar-refractivity contribution is 5.71. The number of amides is 1. The van der Waals surface area contributed by atoms with E-state index < -0.39 is 0 Å². The van der Waals surface area contributed by atoms with Crippen LogP contribution >= 0.6 is 0 Å². The van der Waals surface area contributed by atoms with Crippen LogP contribution in [0.1, 0.15) is 45.1 Å². The summed E-state index contributed by atoms with van der Waals surface area (Å²) in [5, 5.41) is 2.64. The second-order valence-corrected chi connectivity index (χ2v) is 4.21. The van der Waals surface area contributed by atoms with Crippen molar-refractivity contribution >= 4 is 12.1 Å². The van der Waals surface area contributed by atoms with Gasteiger partial charge in [0.15, 0.2) is 0 Å². The van der Waals surface area contributed by atoms with Crippen LogP contribution in [0.2, 0.25) is 0 Å². The van der Waals surface area contributed by atoms with Crippen LogP contribution in [0.25, 0.3) is 0 Å². The first kappa shape index (κ1) is 16.6. The van der Waals surface area contributed by atoms with E-state index in [4.69, 9.17) is 5.73 Å². The molecule has 3 N–H and O–H groups in total. The van der Waals surface area contributed by atoms with Gasteiger partial charge in [0.05, 0.1) is 0 Å². The van der Waals surface area contributed by atoms with Crippen LogP contribution in [-0.4, -0.2) is 13.0 Å². The maximum Gasteiger partial charge on any atom is 0.211 e. The Bertz CT molecular complexity index is 311. The molecule has 0 bridgehead atoms. The average molecular weight is 250 g/mol. The lowest BCUT2D eigenvalue weighted by Gasteiger charge is -2.02. The van der Waals surface area contributed by atoms with Gasteiger partial charge in [-0.25, -0.2) is 0 Å². The van der Waals surface area contributed by atoms with Gasteiger partial charge in [0.1, 0.15) is 0 Å². The maximum absolute atomic E-state index is 10.2. The molecule has 18 heavy (non-hydrogen) atoms. The molecule has 1 aromatic carbocycles. The zero-order chi connectivity index (χ0) is 13.6. The number of carbonyl (C=O) groups is 1. The third kappa shape index (κ3) is 8.76. The average Bonchev–Trinajstić information content (AvgIpc) is 2.39. The van der Waals surface area contributed by atoms with Gasteiger partial charge in [0, 0.05) is 5.69 Å². The van der Waals surface area contributed by atoms with Crippen molar-refractivity contribution in [2.45, 2.75) is 46.0 Å². The molecule has 0 aliphatic heterocycles. The van der Waals surface area contributed by atoms with Gasteiger partial charge in [0.25, 0.3) is 0 Å². The first-order chi connectivity index (χ1) is 8.78. The monoisotopic (exact) mass is 250 g/mol. The van der Waals surface area contributed by atoms with E-state index in [0.717, 1.165) is 18.7 Å². The largest absolute Gasteiger partial charge is 0.330 e. The van der Waals surface area contributed by atoms with E-state index in [1.165, 1.54) is 31.2 Å². The van der Waals surface area contributed by atoms with Gasteiger partial charge >= 0.3 is 0 Å². The van der Waals surface area contributed by atoms with Crippen LogP contribution in [0.3, 0.4) is 0 Å². The molecule has 3 heteroatoms. The fourth-order valence-corrected chi connectivity index (χ4v) is 1.47. The Hall–Kier alpha value is -1.35. The fraction of sp³-hybridized carbons (Fsp3) is 0.533. The molecule has 0 saturated heterocycles. The van der Waals surface area contributed by atoms with Gasteiger partial charge in [-0.1, -0.05) is 38.8 Å². The molecule has 1 aromatic rings. The summed E-state index contributed by atoms with van der Waals surface area (Å²) in [6.07, 6.45) is 6.58. The van der Waals surface area contributed by atoms with Crippen molar-refractivity contribution in [2.75, 3.05) is 11.9 Å². The van der Waals surface area contributed by atoms with E-state index in [1.54, 1.807) is 0 Å². The number of nitrogens with one attached hydrogen (secondary N) is 1. The van der Waals surface area contributed by atoms with Crippen molar-refractivity contribution in [1.82, 2.24) is 0 Å². The van der Waals surface area contributed by atoms with Crippen molar-refractivity contribution in [2.24, 2.45) is 5.73 Å². The number of carbonyl (C=O) groups excluding carboxylic acids is 1.